The molecule has 27 heavy (non-hydrogen) atoms. The van der Waals surface area contributed by atoms with Gasteiger partial charge in [0.25, 0.3) is 5.91 Å². The average Bonchev–Trinajstić information content (AvgIpc) is 3.00. The van der Waals surface area contributed by atoms with Gasteiger partial charge in [-0.3, -0.25) is 9.52 Å². The van der Waals surface area contributed by atoms with Crippen LogP contribution in [0.2, 0.25) is 0 Å². The number of hydrogen-bond donors (Lipinski definition) is 2. The molecule has 0 radical (unpaired) electrons. The van der Waals surface area contributed by atoms with E-state index in [-0.39, 0.29) is 11.0 Å². The number of rotatable bonds is 6. The summed E-state index contributed by atoms with van der Waals surface area (Å²) in [5.41, 5.74) is 1.55. The fourth-order valence-electron chi connectivity index (χ4n) is 2.39. The minimum absolute atomic E-state index is 0.271. The molecule has 1 heterocycles. The molecule has 0 unspecified atom stereocenters. The Morgan fingerprint density at radius 1 is 1.11 bits per heavy atom. The summed E-state index contributed by atoms with van der Waals surface area (Å²) in [6, 6.07) is 10.1. The lowest BCUT2D eigenvalue weighted by Crippen LogP contribution is -2.13. The summed E-state index contributed by atoms with van der Waals surface area (Å²) in [7, 11) is -0.389. The highest BCUT2D eigenvalue weighted by atomic mass is 32.2. The molecular weight excluding hydrogens is 390 g/mol. The first-order valence-electron chi connectivity index (χ1n) is 7.71. The van der Waals surface area contributed by atoms with Crippen LogP contribution in [0.15, 0.2) is 36.4 Å². The maximum absolute atomic E-state index is 12.6. The van der Waals surface area contributed by atoms with E-state index in [0.717, 1.165) is 11.0 Å². The highest BCUT2D eigenvalue weighted by Gasteiger charge is 2.15. The molecule has 0 bridgehead atoms. The van der Waals surface area contributed by atoms with Crippen molar-refractivity contribution in [3.05, 3.63) is 42.0 Å². The number of sulfonamides is 1. The van der Waals surface area contributed by atoms with Crippen LogP contribution in [0, 0.1) is 0 Å². The van der Waals surface area contributed by atoms with Crippen molar-refractivity contribution in [3.8, 4) is 11.5 Å². The molecule has 1 aromatic heterocycles. The summed E-state index contributed by atoms with van der Waals surface area (Å²) >= 11 is 1.18. The van der Waals surface area contributed by atoms with Crippen LogP contribution in [0.4, 0.5) is 10.8 Å². The molecule has 3 rings (SSSR count). The van der Waals surface area contributed by atoms with Crippen molar-refractivity contribution in [2.45, 2.75) is 0 Å². The van der Waals surface area contributed by atoms with Crippen LogP contribution in [-0.4, -0.2) is 39.8 Å². The highest BCUT2D eigenvalue weighted by Crippen LogP contribution is 2.30. The van der Waals surface area contributed by atoms with E-state index in [4.69, 9.17) is 9.47 Å². The standard InChI is InChI=1S/C17H17N3O5S2/c1-24-11-5-6-12(14(9-11)25-2)16(21)18-10-4-7-13-15(8-10)26-17(19-13)20-27(3,22)23/h4-9H,1-3H3,(H,18,21)(H,19,20). The molecule has 0 saturated heterocycles. The Kier molecular flexibility index (Phi) is 5.19. The number of carbonyl (C=O) groups excluding carboxylic acids is 1. The van der Waals surface area contributed by atoms with Gasteiger partial charge in [-0.15, -0.1) is 0 Å². The van der Waals surface area contributed by atoms with E-state index in [1.54, 1.807) is 36.4 Å². The molecule has 142 valence electrons. The van der Waals surface area contributed by atoms with Crippen molar-refractivity contribution >= 4 is 48.3 Å². The third-order valence-electron chi connectivity index (χ3n) is 3.57. The van der Waals surface area contributed by atoms with Gasteiger partial charge >= 0.3 is 0 Å². The first-order chi connectivity index (χ1) is 12.8. The molecule has 1 amide bonds. The molecule has 3 aromatic rings. The molecule has 0 aliphatic heterocycles. The number of fused-ring (bicyclic) bond motifs is 1. The lowest BCUT2D eigenvalue weighted by molar-refractivity contribution is 0.102. The van der Waals surface area contributed by atoms with Gasteiger partial charge in [-0.05, 0) is 30.3 Å². The number of anilines is 2. The SMILES string of the molecule is COc1ccc(C(=O)Nc2ccc3nc(NS(C)(=O)=O)sc3c2)c(OC)c1. The number of methoxy groups -OCH3 is 2. The number of ether oxygens (including phenoxy) is 2. The van der Waals surface area contributed by atoms with Gasteiger partial charge < -0.3 is 14.8 Å². The Balaban J connectivity index is 1.85. The van der Waals surface area contributed by atoms with Gasteiger partial charge in [0, 0.05) is 11.8 Å². The Morgan fingerprint density at radius 3 is 2.56 bits per heavy atom. The number of nitrogens with zero attached hydrogens (tertiary/aromatic N) is 1. The van der Waals surface area contributed by atoms with Gasteiger partial charge in [-0.2, -0.15) is 0 Å². The van der Waals surface area contributed by atoms with E-state index in [0.29, 0.717) is 28.3 Å². The summed E-state index contributed by atoms with van der Waals surface area (Å²) in [6.45, 7) is 0. The number of nitrogens with one attached hydrogen (secondary N) is 2. The molecular formula is C17H17N3O5S2. The number of hydrogen-bond acceptors (Lipinski definition) is 7. The zero-order valence-corrected chi connectivity index (χ0v) is 16.4. The first kappa shape index (κ1) is 18.9. The molecule has 8 nitrogen and oxygen atoms in total. The Labute approximate surface area is 160 Å². The lowest BCUT2D eigenvalue weighted by atomic mass is 10.1. The van der Waals surface area contributed by atoms with Crippen molar-refractivity contribution in [3.63, 3.8) is 0 Å². The summed E-state index contributed by atoms with van der Waals surface area (Å²) in [6.07, 6.45) is 1.06. The summed E-state index contributed by atoms with van der Waals surface area (Å²) in [5.74, 6) is 0.638. The van der Waals surface area contributed by atoms with Gasteiger partial charge in [0.1, 0.15) is 11.5 Å². The number of thiazole rings is 1. The van der Waals surface area contributed by atoms with Crippen LogP contribution >= 0.6 is 11.3 Å². The molecule has 0 aliphatic rings. The second kappa shape index (κ2) is 7.41. The maximum atomic E-state index is 12.6. The second-order valence-electron chi connectivity index (χ2n) is 5.60. The molecule has 0 fully saturated rings. The van der Waals surface area contributed by atoms with Gasteiger partial charge in [-0.1, -0.05) is 11.3 Å². The van der Waals surface area contributed by atoms with E-state index in [1.165, 1.54) is 25.6 Å². The lowest BCUT2D eigenvalue weighted by Gasteiger charge is -2.10. The third-order valence-corrected chi connectivity index (χ3v) is 5.20. The number of benzene rings is 2. The second-order valence-corrected chi connectivity index (χ2v) is 8.38. The van der Waals surface area contributed by atoms with Crippen LogP contribution in [0.25, 0.3) is 10.2 Å². The minimum atomic E-state index is -3.40. The average molecular weight is 407 g/mol. The Bertz CT molecular complexity index is 1110. The molecule has 10 heteroatoms. The molecule has 2 N–H and O–H groups in total. The fourth-order valence-corrected chi connectivity index (χ4v) is 4.13. The molecule has 0 aliphatic carbocycles. The van der Waals surface area contributed by atoms with Crippen molar-refractivity contribution in [1.29, 1.82) is 0 Å². The van der Waals surface area contributed by atoms with Crippen molar-refractivity contribution in [1.82, 2.24) is 4.98 Å². The zero-order chi connectivity index (χ0) is 19.6. The Morgan fingerprint density at radius 2 is 1.89 bits per heavy atom. The predicted octanol–water partition coefficient (Wildman–Crippen LogP) is 2.94. The molecule has 0 spiro atoms. The summed E-state index contributed by atoms with van der Waals surface area (Å²) in [5, 5.41) is 3.07. The van der Waals surface area contributed by atoms with Crippen LogP contribution in [0.1, 0.15) is 10.4 Å². The fraction of sp³-hybridized carbons (Fsp3) is 0.176. The molecule has 0 saturated carbocycles. The maximum Gasteiger partial charge on any atom is 0.259 e. The van der Waals surface area contributed by atoms with E-state index in [1.807, 2.05) is 0 Å². The van der Waals surface area contributed by atoms with Crippen molar-refractivity contribution in [2.24, 2.45) is 0 Å². The van der Waals surface area contributed by atoms with Crippen LogP contribution in [-0.2, 0) is 10.0 Å². The topological polar surface area (TPSA) is 107 Å². The summed E-state index contributed by atoms with van der Waals surface area (Å²) < 4.78 is 36.1. The monoisotopic (exact) mass is 407 g/mol. The number of carbonyl (C=O) groups is 1. The highest BCUT2D eigenvalue weighted by molar-refractivity contribution is 7.92. The van der Waals surface area contributed by atoms with Gasteiger partial charge in [-0.25, -0.2) is 13.4 Å². The zero-order valence-electron chi connectivity index (χ0n) is 14.8. The largest absolute Gasteiger partial charge is 0.497 e. The van der Waals surface area contributed by atoms with Gasteiger partial charge in [0.05, 0.1) is 36.3 Å². The van der Waals surface area contributed by atoms with Crippen molar-refractivity contribution in [2.75, 3.05) is 30.5 Å². The summed E-state index contributed by atoms with van der Waals surface area (Å²) in [4.78, 5) is 16.8. The van der Waals surface area contributed by atoms with Crippen LogP contribution in [0.3, 0.4) is 0 Å². The van der Waals surface area contributed by atoms with E-state index in [9.17, 15) is 13.2 Å². The molecule has 0 atom stereocenters. The smallest absolute Gasteiger partial charge is 0.259 e. The Hall–Kier alpha value is -2.85. The van der Waals surface area contributed by atoms with Crippen LogP contribution < -0.4 is 19.5 Å². The third kappa shape index (κ3) is 4.47. The quantitative estimate of drug-likeness (QED) is 0.651. The molecule has 2 aromatic carbocycles. The van der Waals surface area contributed by atoms with Gasteiger partial charge in [0.15, 0.2) is 5.13 Å². The van der Waals surface area contributed by atoms with E-state index in [2.05, 4.69) is 15.0 Å². The van der Waals surface area contributed by atoms with Crippen molar-refractivity contribution < 1.29 is 22.7 Å². The van der Waals surface area contributed by atoms with Gasteiger partial charge in [0.2, 0.25) is 10.0 Å². The number of amides is 1. The normalized spacial score (nSPS) is 11.2. The number of aromatic nitrogens is 1. The first-order valence-corrected chi connectivity index (χ1v) is 10.4. The minimum Gasteiger partial charge on any atom is -0.497 e. The predicted molar refractivity (Wildman–Crippen MR) is 106 cm³/mol. The van der Waals surface area contributed by atoms with Crippen LogP contribution in [0.5, 0.6) is 11.5 Å². The van der Waals surface area contributed by atoms with E-state index < -0.39 is 10.0 Å². The van der Waals surface area contributed by atoms with E-state index >= 15 is 0 Å².